The van der Waals surface area contributed by atoms with E-state index in [1.807, 2.05) is 34.6 Å². The number of ether oxygens (including phenoxy) is 1. The Labute approximate surface area is 110 Å². The summed E-state index contributed by atoms with van der Waals surface area (Å²) in [6.07, 6.45) is 1.92. The highest BCUT2D eigenvalue weighted by atomic mass is 16.5. The molecule has 0 bridgehead atoms. The molecule has 18 heavy (non-hydrogen) atoms. The van der Waals surface area contributed by atoms with Crippen LogP contribution in [0.2, 0.25) is 0 Å². The lowest BCUT2D eigenvalue weighted by Gasteiger charge is -2.24. The molecule has 0 atom stereocenters. The predicted octanol–water partition coefficient (Wildman–Crippen LogP) is 2.26. The second-order valence-corrected chi connectivity index (χ2v) is 5.03. The average molecular weight is 251 g/mol. The van der Waals surface area contributed by atoms with Gasteiger partial charge in [-0.05, 0) is 59.6 Å². The first-order chi connectivity index (χ1) is 8.42. The first-order valence-corrected chi connectivity index (χ1v) is 6.61. The van der Waals surface area contributed by atoms with Crippen LogP contribution in [0.25, 0.3) is 0 Å². The lowest BCUT2D eigenvalue weighted by Crippen LogP contribution is -2.26. The fraction of sp³-hybridized carbons (Fsp3) is 0.714. The van der Waals surface area contributed by atoms with Gasteiger partial charge in [0, 0.05) is 18.0 Å². The molecule has 0 fully saturated rings. The van der Waals surface area contributed by atoms with E-state index in [2.05, 4.69) is 9.97 Å². The number of hydrogen-bond donors (Lipinski definition) is 1. The molecule has 1 heterocycles. The highest BCUT2D eigenvalue weighted by Crippen LogP contribution is 2.23. The van der Waals surface area contributed by atoms with Gasteiger partial charge in [-0.1, -0.05) is 0 Å². The quantitative estimate of drug-likeness (QED) is 0.842. The van der Waals surface area contributed by atoms with Gasteiger partial charge in [0.15, 0.2) is 5.82 Å². The molecule has 4 nitrogen and oxygen atoms in total. The second-order valence-electron chi connectivity index (χ2n) is 5.03. The molecule has 0 aliphatic carbocycles. The molecule has 0 amide bonds. The van der Waals surface area contributed by atoms with Gasteiger partial charge in [-0.2, -0.15) is 0 Å². The molecule has 2 N–H and O–H groups in total. The van der Waals surface area contributed by atoms with Crippen LogP contribution < -0.4 is 5.73 Å². The summed E-state index contributed by atoms with van der Waals surface area (Å²) in [6.45, 7) is 11.4. The van der Waals surface area contributed by atoms with E-state index in [1.54, 1.807) is 0 Å². The highest BCUT2D eigenvalue weighted by molar-refractivity contribution is 5.25. The SMILES string of the molecule is CCOC(C)(C)c1nc(C)c(CCCN)c(C)n1. The van der Waals surface area contributed by atoms with Crippen LogP contribution in [0.4, 0.5) is 0 Å². The van der Waals surface area contributed by atoms with Crippen molar-refractivity contribution in [3.05, 3.63) is 22.8 Å². The molecule has 0 unspecified atom stereocenters. The predicted molar refractivity (Wildman–Crippen MR) is 73.5 cm³/mol. The minimum absolute atomic E-state index is 0.434. The minimum Gasteiger partial charge on any atom is -0.368 e. The van der Waals surface area contributed by atoms with Gasteiger partial charge in [-0.3, -0.25) is 0 Å². The van der Waals surface area contributed by atoms with E-state index >= 15 is 0 Å². The van der Waals surface area contributed by atoms with Gasteiger partial charge in [0.1, 0.15) is 5.60 Å². The lowest BCUT2D eigenvalue weighted by molar-refractivity contribution is -0.0210. The molecule has 102 valence electrons. The average Bonchev–Trinajstić information content (AvgIpc) is 2.27. The summed E-state index contributed by atoms with van der Waals surface area (Å²) in [6, 6.07) is 0. The molecular formula is C14H25N3O. The minimum atomic E-state index is -0.434. The Morgan fingerprint density at radius 3 is 2.17 bits per heavy atom. The maximum Gasteiger partial charge on any atom is 0.160 e. The maximum absolute atomic E-state index is 5.70. The van der Waals surface area contributed by atoms with Gasteiger partial charge in [0.25, 0.3) is 0 Å². The Morgan fingerprint density at radius 1 is 1.17 bits per heavy atom. The Kier molecular flexibility index (Phi) is 5.23. The molecule has 1 aromatic heterocycles. The maximum atomic E-state index is 5.70. The molecule has 0 aliphatic rings. The summed E-state index contributed by atoms with van der Waals surface area (Å²) < 4.78 is 5.70. The van der Waals surface area contributed by atoms with Crippen molar-refractivity contribution in [2.24, 2.45) is 5.73 Å². The number of aryl methyl sites for hydroxylation is 2. The van der Waals surface area contributed by atoms with Gasteiger partial charge in [-0.15, -0.1) is 0 Å². The summed E-state index contributed by atoms with van der Waals surface area (Å²) in [5, 5.41) is 0. The topological polar surface area (TPSA) is 61.0 Å². The number of aromatic nitrogens is 2. The summed E-state index contributed by atoms with van der Waals surface area (Å²) in [4.78, 5) is 9.20. The van der Waals surface area contributed by atoms with Crippen molar-refractivity contribution in [1.29, 1.82) is 0 Å². The first-order valence-electron chi connectivity index (χ1n) is 6.61. The van der Waals surface area contributed by atoms with E-state index in [1.165, 1.54) is 5.56 Å². The van der Waals surface area contributed by atoms with Crippen LogP contribution >= 0.6 is 0 Å². The largest absolute Gasteiger partial charge is 0.368 e. The lowest BCUT2D eigenvalue weighted by atomic mass is 10.0. The van der Waals surface area contributed by atoms with Gasteiger partial charge in [-0.25, -0.2) is 9.97 Å². The molecular weight excluding hydrogens is 226 g/mol. The molecule has 0 saturated carbocycles. The van der Waals surface area contributed by atoms with Crippen molar-refractivity contribution < 1.29 is 4.74 Å². The first kappa shape index (κ1) is 15.1. The standard InChI is InChI=1S/C14H25N3O/c1-6-18-14(4,5)13-16-10(2)12(8-7-9-15)11(3)17-13/h6-9,15H2,1-5H3. The van der Waals surface area contributed by atoms with Crippen molar-refractivity contribution in [2.45, 2.75) is 53.1 Å². The van der Waals surface area contributed by atoms with Crippen molar-refractivity contribution >= 4 is 0 Å². The molecule has 0 aromatic carbocycles. The van der Waals surface area contributed by atoms with Crippen LogP contribution in [0.3, 0.4) is 0 Å². The third-order valence-electron chi connectivity index (χ3n) is 3.10. The highest BCUT2D eigenvalue weighted by Gasteiger charge is 2.25. The molecule has 0 spiro atoms. The molecule has 0 radical (unpaired) electrons. The molecule has 1 rings (SSSR count). The Hall–Kier alpha value is -1.00. The van der Waals surface area contributed by atoms with Gasteiger partial charge in [0.05, 0.1) is 0 Å². The number of rotatable bonds is 6. The summed E-state index contributed by atoms with van der Waals surface area (Å²) in [7, 11) is 0. The normalized spacial score (nSPS) is 11.9. The van der Waals surface area contributed by atoms with Crippen molar-refractivity contribution in [3.8, 4) is 0 Å². The molecule has 1 aromatic rings. The van der Waals surface area contributed by atoms with Gasteiger partial charge in [0.2, 0.25) is 0 Å². The van der Waals surface area contributed by atoms with E-state index in [-0.39, 0.29) is 0 Å². The Balaban J connectivity index is 3.05. The van der Waals surface area contributed by atoms with Crippen molar-refractivity contribution in [2.75, 3.05) is 13.2 Å². The fourth-order valence-corrected chi connectivity index (χ4v) is 2.07. The number of hydrogen-bond acceptors (Lipinski definition) is 4. The van der Waals surface area contributed by atoms with E-state index < -0.39 is 5.60 Å². The third-order valence-corrected chi connectivity index (χ3v) is 3.10. The number of nitrogens with two attached hydrogens (primary N) is 1. The van der Waals surface area contributed by atoms with Crippen LogP contribution in [0, 0.1) is 13.8 Å². The van der Waals surface area contributed by atoms with E-state index in [0.717, 1.165) is 30.1 Å². The van der Waals surface area contributed by atoms with Crippen molar-refractivity contribution in [3.63, 3.8) is 0 Å². The zero-order valence-electron chi connectivity index (χ0n) is 12.2. The van der Waals surface area contributed by atoms with Gasteiger partial charge >= 0.3 is 0 Å². The fourth-order valence-electron chi connectivity index (χ4n) is 2.07. The Bertz CT molecular complexity index is 379. The molecule has 4 heteroatoms. The number of nitrogens with zero attached hydrogens (tertiary/aromatic N) is 2. The zero-order valence-corrected chi connectivity index (χ0v) is 12.2. The van der Waals surface area contributed by atoms with Gasteiger partial charge < -0.3 is 10.5 Å². The monoisotopic (exact) mass is 251 g/mol. The second kappa shape index (κ2) is 6.25. The van der Waals surface area contributed by atoms with Crippen LogP contribution in [-0.4, -0.2) is 23.1 Å². The van der Waals surface area contributed by atoms with Crippen molar-refractivity contribution in [1.82, 2.24) is 9.97 Å². The van der Waals surface area contributed by atoms with E-state index in [9.17, 15) is 0 Å². The van der Waals surface area contributed by atoms with Crippen LogP contribution in [0.5, 0.6) is 0 Å². The third kappa shape index (κ3) is 3.50. The zero-order chi connectivity index (χ0) is 13.8. The van der Waals surface area contributed by atoms with Crippen LogP contribution in [0.1, 0.15) is 50.0 Å². The molecule has 0 aliphatic heterocycles. The summed E-state index contributed by atoms with van der Waals surface area (Å²) in [5.41, 5.74) is 8.42. The summed E-state index contributed by atoms with van der Waals surface area (Å²) >= 11 is 0. The van der Waals surface area contributed by atoms with E-state index in [0.29, 0.717) is 13.2 Å². The van der Waals surface area contributed by atoms with E-state index in [4.69, 9.17) is 10.5 Å². The summed E-state index contributed by atoms with van der Waals surface area (Å²) in [5.74, 6) is 0.760. The van der Waals surface area contributed by atoms with Crippen LogP contribution in [-0.2, 0) is 16.8 Å². The smallest absolute Gasteiger partial charge is 0.160 e. The molecule has 0 saturated heterocycles. The Morgan fingerprint density at radius 2 is 1.72 bits per heavy atom. The van der Waals surface area contributed by atoms with Crippen LogP contribution in [0.15, 0.2) is 0 Å².